The van der Waals surface area contributed by atoms with Crippen LogP contribution in [0.3, 0.4) is 0 Å². The van der Waals surface area contributed by atoms with E-state index in [1.165, 1.54) is 0 Å². The van der Waals surface area contributed by atoms with E-state index in [9.17, 15) is 0 Å². The molecule has 2 rings (SSSR count). The molecule has 2 atom stereocenters. The van der Waals surface area contributed by atoms with Gasteiger partial charge in [-0.05, 0) is 18.3 Å². The molecule has 0 aromatic carbocycles. The van der Waals surface area contributed by atoms with Crippen molar-refractivity contribution in [2.24, 2.45) is 27.1 Å². The smallest absolute Gasteiger partial charge is 0.0692 e. The summed E-state index contributed by atoms with van der Waals surface area (Å²) in [4.78, 5) is 0. The minimum Gasteiger partial charge on any atom is -0.411 e. The molecule has 2 bridgehead atoms. The molecular formula is C11H18N2O2. The van der Waals surface area contributed by atoms with Crippen molar-refractivity contribution in [2.75, 3.05) is 0 Å². The largest absolute Gasteiger partial charge is 0.411 e. The van der Waals surface area contributed by atoms with Gasteiger partial charge >= 0.3 is 0 Å². The maximum atomic E-state index is 9.07. The summed E-state index contributed by atoms with van der Waals surface area (Å²) in [7, 11) is 0. The molecule has 2 saturated carbocycles. The van der Waals surface area contributed by atoms with E-state index < -0.39 is 0 Å². The van der Waals surface area contributed by atoms with E-state index >= 15 is 0 Å². The van der Waals surface area contributed by atoms with E-state index in [-0.39, 0.29) is 10.8 Å². The molecule has 2 fully saturated rings. The second-order valence-corrected chi connectivity index (χ2v) is 5.46. The fourth-order valence-electron chi connectivity index (χ4n) is 3.34. The molecule has 0 aromatic heterocycles. The molecule has 0 aliphatic heterocycles. The van der Waals surface area contributed by atoms with Gasteiger partial charge in [0.15, 0.2) is 0 Å². The molecule has 15 heavy (non-hydrogen) atoms. The summed E-state index contributed by atoms with van der Waals surface area (Å²) in [6.45, 7) is 6.48. The van der Waals surface area contributed by atoms with Crippen LogP contribution < -0.4 is 0 Å². The van der Waals surface area contributed by atoms with Crippen LogP contribution in [0.2, 0.25) is 0 Å². The molecule has 0 spiro atoms. The third kappa shape index (κ3) is 1.08. The lowest BCUT2D eigenvalue weighted by Crippen LogP contribution is -2.48. The van der Waals surface area contributed by atoms with Gasteiger partial charge in [-0.1, -0.05) is 31.1 Å². The lowest BCUT2D eigenvalue weighted by atomic mass is 9.57. The van der Waals surface area contributed by atoms with Crippen molar-refractivity contribution in [3.63, 3.8) is 0 Å². The van der Waals surface area contributed by atoms with Crippen molar-refractivity contribution >= 4 is 11.4 Å². The molecule has 0 radical (unpaired) electrons. The van der Waals surface area contributed by atoms with Gasteiger partial charge in [0.05, 0.1) is 11.4 Å². The Bertz CT molecular complexity index is 346. The molecule has 0 amide bonds. The van der Waals surface area contributed by atoms with E-state index in [1.807, 2.05) is 0 Å². The number of oxime groups is 2. The van der Waals surface area contributed by atoms with E-state index in [0.717, 1.165) is 24.3 Å². The van der Waals surface area contributed by atoms with Gasteiger partial charge in [0, 0.05) is 17.8 Å². The third-order valence-electron chi connectivity index (χ3n) is 4.86. The first-order chi connectivity index (χ1) is 6.97. The maximum Gasteiger partial charge on any atom is 0.0692 e. The van der Waals surface area contributed by atoms with Crippen LogP contribution >= 0.6 is 0 Å². The van der Waals surface area contributed by atoms with Gasteiger partial charge in [-0.25, -0.2) is 0 Å². The lowest BCUT2D eigenvalue weighted by Gasteiger charge is -2.46. The summed E-state index contributed by atoms with van der Waals surface area (Å²) in [5.74, 6) is 0.318. The zero-order valence-corrected chi connectivity index (χ0v) is 9.49. The predicted molar refractivity (Wildman–Crippen MR) is 57.7 cm³/mol. The number of hydrogen-bond donors (Lipinski definition) is 2. The van der Waals surface area contributed by atoms with Crippen molar-refractivity contribution in [2.45, 2.75) is 40.0 Å². The first-order valence-electron chi connectivity index (χ1n) is 5.39. The Morgan fingerprint density at radius 1 is 1.20 bits per heavy atom. The van der Waals surface area contributed by atoms with Crippen LogP contribution in [0.4, 0.5) is 0 Å². The first kappa shape index (κ1) is 10.5. The Labute approximate surface area is 89.7 Å². The molecule has 0 saturated heterocycles. The van der Waals surface area contributed by atoms with Crippen LogP contribution in [0.1, 0.15) is 40.0 Å². The van der Waals surface area contributed by atoms with Gasteiger partial charge in [-0.15, -0.1) is 0 Å². The highest BCUT2D eigenvalue weighted by atomic mass is 16.4. The van der Waals surface area contributed by atoms with Gasteiger partial charge < -0.3 is 10.4 Å². The van der Waals surface area contributed by atoms with Gasteiger partial charge in [-0.2, -0.15) is 0 Å². The van der Waals surface area contributed by atoms with E-state index in [4.69, 9.17) is 10.4 Å². The topological polar surface area (TPSA) is 65.2 Å². The number of nitrogens with zero attached hydrogens (tertiary/aromatic N) is 2. The molecule has 4 nitrogen and oxygen atoms in total. The molecular weight excluding hydrogens is 192 g/mol. The monoisotopic (exact) mass is 210 g/mol. The standard InChI is InChI=1S/C11H18N2O2/c1-10(2)7-4-5-11(10,3)9(13-15)6-8(7)12-14/h7,14-15H,4-6H2,1-3H3/b12-8?,13-9+/t7-,11+/m0/s1. The van der Waals surface area contributed by atoms with Crippen LogP contribution in [0.5, 0.6) is 0 Å². The minimum absolute atomic E-state index is 0.00831. The zero-order valence-electron chi connectivity index (χ0n) is 9.49. The molecule has 2 aliphatic rings. The lowest BCUT2D eigenvalue weighted by molar-refractivity contribution is 0.164. The summed E-state index contributed by atoms with van der Waals surface area (Å²) in [6.07, 6.45) is 2.53. The van der Waals surface area contributed by atoms with Gasteiger partial charge in [-0.3, -0.25) is 0 Å². The van der Waals surface area contributed by atoms with Gasteiger partial charge in [0.1, 0.15) is 0 Å². The fourth-order valence-corrected chi connectivity index (χ4v) is 3.34. The quantitative estimate of drug-likeness (QED) is 0.476. The predicted octanol–water partition coefficient (Wildman–Crippen LogP) is 2.49. The second kappa shape index (κ2) is 2.97. The van der Waals surface area contributed by atoms with E-state index in [0.29, 0.717) is 12.3 Å². The van der Waals surface area contributed by atoms with E-state index in [1.54, 1.807) is 0 Å². The SMILES string of the molecule is CC1(C)[C@H]2CC[C@]1(C)/C(=N/O)CC2=NO. The minimum atomic E-state index is -0.0550. The number of rotatable bonds is 0. The van der Waals surface area contributed by atoms with Crippen LogP contribution in [0.25, 0.3) is 0 Å². The van der Waals surface area contributed by atoms with Gasteiger partial charge in [0.25, 0.3) is 0 Å². The fraction of sp³-hybridized carbons (Fsp3) is 0.818. The molecule has 0 aromatic rings. The summed E-state index contributed by atoms with van der Waals surface area (Å²) >= 11 is 0. The highest BCUT2D eigenvalue weighted by Gasteiger charge is 2.59. The normalized spacial score (nSPS) is 43.8. The van der Waals surface area contributed by atoms with E-state index in [2.05, 4.69) is 31.1 Å². The van der Waals surface area contributed by atoms with Crippen LogP contribution in [-0.2, 0) is 0 Å². The van der Waals surface area contributed by atoms with Crippen molar-refractivity contribution in [1.82, 2.24) is 0 Å². The third-order valence-corrected chi connectivity index (χ3v) is 4.86. The molecule has 2 aliphatic carbocycles. The molecule has 2 N–H and O–H groups in total. The molecule has 0 heterocycles. The van der Waals surface area contributed by atoms with Crippen LogP contribution in [0.15, 0.2) is 10.3 Å². The number of hydrogen-bond acceptors (Lipinski definition) is 4. The van der Waals surface area contributed by atoms with Crippen molar-refractivity contribution in [3.8, 4) is 0 Å². The summed E-state index contributed by atoms with van der Waals surface area (Å²) in [6, 6.07) is 0. The molecule has 0 unspecified atom stereocenters. The van der Waals surface area contributed by atoms with Crippen LogP contribution in [-0.4, -0.2) is 21.8 Å². The average molecular weight is 210 g/mol. The Morgan fingerprint density at radius 2 is 1.87 bits per heavy atom. The maximum absolute atomic E-state index is 9.07. The Kier molecular flexibility index (Phi) is 2.07. The zero-order chi connectivity index (χ0) is 11.3. The van der Waals surface area contributed by atoms with Crippen molar-refractivity contribution in [1.29, 1.82) is 0 Å². The van der Waals surface area contributed by atoms with Crippen molar-refractivity contribution < 1.29 is 10.4 Å². The van der Waals surface area contributed by atoms with Crippen LogP contribution in [0, 0.1) is 16.7 Å². The first-order valence-corrected chi connectivity index (χ1v) is 5.39. The highest BCUT2D eigenvalue weighted by Crippen LogP contribution is 2.60. The van der Waals surface area contributed by atoms with Gasteiger partial charge in [0.2, 0.25) is 0 Å². The average Bonchev–Trinajstić information content (AvgIpc) is 2.37. The molecule has 4 heteroatoms. The van der Waals surface area contributed by atoms with Crippen molar-refractivity contribution in [3.05, 3.63) is 0 Å². The highest BCUT2D eigenvalue weighted by molar-refractivity contribution is 6.11. The Hall–Kier alpha value is -1.06. The number of fused-ring (bicyclic) bond motifs is 2. The molecule has 84 valence electrons. The Morgan fingerprint density at radius 3 is 2.40 bits per heavy atom. The second-order valence-electron chi connectivity index (χ2n) is 5.46. The summed E-state index contributed by atoms with van der Waals surface area (Å²) in [5.41, 5.74) is 1.48. The summed E-state index contributed by atoms with van der Waals surface area (Å²) < 4.78 is 0. The Balaban J connectivity index is 2.54. The summed E-state index contributed by atoms with van der Waals surface area (Å²) in [5, 5.41) is 24.9.